The minimum Gasteiger partial charge on any atom is -0.462 e. The molecule has 0 saturated carbocycles. The van der Waals surface area contributed by atoms with Crippen LogP contribution in [0.5, 0.6) is 0 Å². The maximum absolute atomic E-state index is 12.8. The summed E-state index contributed by atoms with van der Waals surface area (Å²) in [7, 11) is 0. The lowest BCUT2D eigenvalue weighted by molar-refractivity contribution is -0.163. The number of hydrogen-bond donors (Lipinski definition) is 0. The van der Waals surface area contributed by atoms with Crippen LogP contribution in [0.3, 0.4) is 0 Å². The van der Waals surface area contributed by atoms with Crippen LogP contribution in [0.25, 0.3) is 0 Å². The first kappa shape index (κ1) is 61.6. The van der Waals surface area contributed by atoms with Crippen molar-refractivity contribution in [1.29, 1.82) is 0 Å². The summed E-state index contributed by atoms with van der Waals surface area (Å²) in [5, 5.41) is 0. The summed E-state index contributed by atoms with van der Waals surface area (Å²) < 4.78 is 17.4. The molecule has 0 aliphatic rings. The molecule has 0 aliphatic carbocycles. The summed E-state index contributed by atoms with van der Waals surface area (Å²) in [5.41, 5.74) is 0. The van der Waals surface area contributed by atoms with Gasteiger partial charge in [0.2, 0.25) is 0 Å². The van der Waals surface area contributed by atoms with Crippen molar-refractivity contribution < 1.29 is 23.8 Å². The molecule has 0 heterocycles. The highest BCUT2D eigenvalue weighted by atomic mass is 16.6. The van der Waals surface area contributed by atoms with Crippen molar-refractivity contribution in [3.8, 4) is 0 Å². The third-order valence-corrected chi connectivity index (χ3v) is 12.1. The van der Waals surface area contributed by atoms with E-state index >= 15 is 0 Å². The largest absolute Gasteiger partial charge is 0.462 e. The first-order valence-corrected chi connectivity index (χ1v) is 27.8. The van der Waals surface area contributed by atoms with E-state index in [-0.39, 0.29) is 25.2 Å². The normalized spacial score (nSPS) is 12.6. The van der Waals surface area contributed by atoms with Gasteiger partial charge in [0, 0.05) is 19.4 Å². The van der Waals surface area contributed by atoms with Gasteiger partial charge >= 0.3 is 11.9 Å². The number of ether oxygens (including phenoxy) is 3. The second-order valence-electron chi connectivity index (χ2n) is 18.5. The van der Waals surface area contributed by atoms with E-state index in [0.29, 0.717) is 19.4 Å². The predicted molar refractivity (Wildman–Crippen MR) is 279 cm³/mol. The maximum atomic E-state index is 12.8. The number of esters is 2. The number of hydrogen-bond acceptors (Lipinski definition) is 5. The fraction of sp³-hybridized carbons (Fsp3) is 0.797. The molecule has 5 heteroatoms. The van der Waals surface area contributed by atoms with Crippen molar-refractivity contribution in [1.82, 2.24) is 0 Å². The Morgan fingerprint density at radius 3 is 1.12 bits per heavy atom. The first-order chi connectivity index (χ1) is 31.6. The van der Waals surface area contributed by atoms with Crippen LogP contribution >= 0.6 is 0 Å². The maximum Gasteiger partial charge on any atom is 0.306 e. The highest BCUT2D eigenvalue weighted by Crippen LogP contribution is 2.16. The van der Waals surface area contributed by atoms with Crippen molar-refractivity contribution in [2.24, 2.45) is 0 Å². The van der Waals surface area contributed by atoms with Crippen molar-refractivity contribution >= 4 is 11.9 Å². The Kier molecular flexibility index (Phi) is 52.9. The molecule has 0 aromatic heterocycles. The molecule has 64 heavy (non-hydrogen) atoms. The van der Waals surface area contributed by atoms with Crippen LogP contribution in [0.1, 0.15) is 278 Å². The highest BCUT2D eigenvalue weighted by Gasteiger charge is 2.17. The van der Waals surface area contributed by atoms with Crippen molar-refractivity contribution in [2.75, 3.05) is 19.8 Å². The third kappa shape index (κ3) is 52.2. The summed E-state index contributed by atoms with van der Waals surface area (Å²) >= 11 is 0. The molecule has 1 unspecified atom stereocenters. The van der Waals surface area contributed by atoms with Gasteiger partial charge in [0.1, 0.15) is 6.61 Å². The Labute approximate surface area is 398 Å². The molecule has 0 bridgehead atoms. The monoisotopic (exact) mass is 895 g/mol. The topological polar surface area (TPSA) is 61.8 Å². The lowest BCUT2D eigenvalue weighted by atomic mass is 10.0. The van der Waals surface area contributed by atoms with E-state index in [4.69, 9.17) is 14.2 Å². The van der Waals surface area contributed by atoms with Gasteiger partial charge in [-0.1, -0.05) is 261 Å². The molecule has 1 atom stereocenters. The average molecular weight is 895 g/mol. The molecule has 0 fully saturated rings. The van der Waals surface area contributed by atoms with Crippen molar-refractivity contribution in [3.05, 3.63) is 60.8 Å². The number of allylic oxidation sites excluding steroid dienone is 10. The summed E-state index contributed by atoms with van der Waals surface area (Å²) in [6.07, 6.45) is 69.5. The SMILES string of the molecule is CC/C=C\C/C=C\C/C=C\C/C=C\C/C=C\CCCCCC(=O)OCC(COCCCCCCCCCCCCCCCC)OC(=O)CCCCCCCCCCCCCCCCC. The molecular formula is C59H106O5. The second-order valence-corrected chi connectivity index (χ2v) is 18.5. The number of carbonyl (C=O) groups is 2. The summed E-state index contributed by atoms with van der Waals surface area (Å²) in [6.45, 7) is 7.73. The van der Waals surface area contributed by atoms with Gasteiger partial charge in [-0.15, -0.1) is 0 Å². The Hall–Kier alpha value is -2.40. The van der Waals surface area contributed by atoms with Gasteiger partial charge in [0.05, 0.1) is 6.61 Å². The van der Waals surface area contributed by atoms with Gasteiger partial charge in [-0.25, -0.2) is 0 Å². The molecule has 0 aromatic carbocycles. The minimum atomic E-state index is -0.547. The fourth-order valence-electron chi connectivity index (χ4n) is 7.95. The van der Waals surface area contributed by atoms with Gasteiger partial charge < -0.3 is 14.2 Å². The zero-order chi connectivity index (χ0) is 46.3. The van der Waals surface area contributed by atoms with Crippen LogP contribution in [0.4, 0.5) is 0 Å². The summed E-state index contributed by atoms with van der Waals surface area (Å²) in [5.74, 6) is -0.420. The van der Waals surface area contributed by atoms with E-state index in [1.807, 2.05) is 0 Å². The number of unbranched alkanes of at least 4 members (excludes halogenated alkanes) is 30. The van der Waals surface area contributed by atoms with Crippen LogP contribution in [0.15, 0.2) is 60.8 Å². The molecule has 0 spiro atoms. The molecule has 5 nitrogen and oxygen atoms in total. The third-order valence-electron chi connectivity index (χ3n) is 12.1. The predicted octanol–water partition coefficient (Wildman–Crippen LogP) is 18.9. The Balaban J connectivity index is 4.30. The quantitative estimate of drug-likeness (QED) is 0.0346. The van der Waals surface area contributed by atoms with E-state index in [1.165, 1.54) is 161 Å². The molecule has 0 rings (SSSR count). The molecule has 0 amide bonds. The summed E-state index contributed by atoms with van der Waals surface area (Å²) in [4.78, 5) is 25.5. The van der Waals surface area contributed by atoms with Gasteiger partial charge in [0.15, 0.2) is 6.10 Å². The van der Waals surface area contributed by atoms with Crippen LogP contribution in [-0.2, 0) is 23.8 Å². The molecule has 0 aliphatic heterocycles. The zero-order valence-electron chi connectivity index (χ0n) is 42.8. The van der Waals surface area contributed by atoms with Gasteiger partial charge in [-0.05, 0) is 64.2 Å². The van der Waals surface area contributed by atoms with E-state index < -0.39 is 6.10 Å². The van der Waals surface area contributed by atoms with E-state index in [0.717, 1.165) is 83.5 Å². The molecule has 0 N–H and O–H groups in total. The lowest BCUT2D eigenvalue weighted by Crippen LogP contribution is -2.30. The second kappa shape index (κ2) is 54.9. The molecule has 0 saturated heterocycles. The highest BCUT2D eigenvalue weighted by molar-refractivity contribution is 5.70. The van der Waals surface area contributed by atoms with Crippen LogP contribution < -0.4 is 0 Å². The average Bonchev–Trinajstić information content (AvgIpc) is 3.30. The van der Waals surface area contributed by atoms with Crippen LogP contribution in [0.2, 0.25) is 0 Å². The molecule has 372 valence electrons. The molecule has 0 radical (unpaired) electrons. The van der Waals surface area contributed by atoms with Gasteiger partial charge in [-0.3, -0.25) is 9.59 Å². The first-order valence-electron chi connectivity index (χ1n) is 27.8. The van der Waals surface area contributed by atoms with Gasteiger partial charge in [0.25, 0.3) is 0 Å². The van der Waals surface area contributed by atoms with Gasteiger partial charge in [-0.2, -0.15) is 0 Å². The van der Waals surface area contributed by atoms with E-state index in [2.05, 4.69) is 81.5 Å². The zero-order valence-corrected chi connectivity index (χ0v) is 42.8. The number of rotatable bonds is 51. The Bertz CT molecular complexity index is 1100. The van der Waals surface area contributed by atoms with Crippen LogP contribution in [0, 0.1) is 0 Å². The number of carbonyl (C=O) groups excluding carboxylic acids is 2. The van der Waals surface area contributed by atoms with Crippen LogP contribution in [-0.4, -0.2) is 37.9 Å². The molecule has 0 aromatic rings. The smallest absolute Gasteiger partial charge is 0.306 e. The minimum absolute atomic E-state index is 0.0716. The fourth-order valence-corrected chi connectivity index (χ4v) is 7.95. The Morgan fingerprint density at radius 2 is 0.703 bits per heavy atom. The molecular weight excluding hydrogens is 789 g/mol. The van der Waals surface area contributed by atoms with Crippen molar-refractivity contribution in [3.63, 3.8) is 0 Å². The Morgan fingerprint density at radius 1 is 0.359 bits per heavy atom. The lowest BCUT2D eigenvalue weighted by Gasteiger charge is -2.18. The van der Waals surface area contributed by atoms with E-state index in [9.17, 15) is 9.59 Å². The van der Waals surface area contributed by atoms with E-state index in [1.54, 1.807) is 0 Å². The van der Waals surface area contributed by atoms with Crippen molar-refractivity contribution in [2.45, 2.75) is 284 Å². The standard InChI is InChI=1S/C59H106O5/c1-4-7-10-13-16-19-22-25-28-29-30-31-33-34-37-40-43-46-49-52-58(60)63-56-57(55-62-54-51-48-45-42-39-36-27-24-21-18-15-12-9-6-3)64-59(61)53-50-47-44-41-38-35-32-26-23-20-17-14-11-8-5-2/h7,10,16,19,25,28,30-31,34,37,57H,4-6,8-9,11-15,17-18,20-24,26-27,29,32-33,35-36,38-56H2,1-3H3/b10-7-,19-16-,28-25-,31-30-,37-34-. The summed E-state index contributed by atoms with van der Waals surface area (Å²) in [6, 6.07) is 0.